The van der Waals surface area contributed by atoms with Gasteiger partial charge in [-0.1, -0.05) is 67.6 Å². The number of rotatable bonds is 4. The zero-order valence-corrected chi connectivity index (χ0v) is 11.9. The number of para-hydroxylation sites is 1. The van der Waals surface area contributed by atoms with Gasteiger partial charge in [0.25, 0.3) is 0 Å². The number of hydrogen-bond donors (Lipinski definition) is 0. The lowest BCUT2D eigenvalue weighted by Crippen LogP contribution is -2.09. The number of benzene rings is 2. The summed E-state index contributed by atoms with van der Waals surface area (Å²) in [5.41, 5.74) is 3.86. The van der Waals surface area contributed by atoms with Crippen LogP contribution in [0.25, 0.3) is 6.08 Å². The molecule has 98 valence electrons. The Labute approximate surface area is 116 Å². The van der Waals surface area contributed by atoms with Crippen molar-refractivity contribution in [3.05, 3.63) is 71.8 Å². The van der Waals surface area contributed by atoms with Gasteiger partial charge in [0.1, 0.15) is 0 Å². The molecule has 2 aromatic carbocycles. The fraction of sp³-hybridized carbons (Fsp3) is 0.222. The first-order chi connectivity index (χ1) is 9.18. The van der Waals surface area contributed by atoms with Crippen LogP contribution >= 0.6 is 0 Å². The summed E-state index contributed by atoms with van der Waals surface area (Å²) in [6.45, 7) is 2.23. The van der Waals surface area contributed by atoms with Crippen molar-refractivity contribution in [2.24, 2.45) is 0 Å². The maximum Gasteiger partial charge on any atom is 0.0434 e. The largest absolute Gasteiger partial charge is 0.377 e. The standard InChI is InChI=1S/C18H21N/c1-15(16-9-5-4-6-10-16)13-14-17-11-7-8-12-18(17)19(2)3/h4-15H,1-3H3. The molecule has 1 atom stereocenters. The highest BCUT2D eigenvalue weighted by Gasteiger charge is 2.02. The molecule has 0 amide bonds. The van der Waals surface area contributed by atoms with Crippen molar-refractivity contribution in [1.29, 1.82) is 0 Å². The molecule has 0 saturated carbocycles. The summed E-state index contributed by atoms with van der Waals surface area (Å²) in [5, 5.41) is 0. The summed E-state index contributed by atoms with van der Waals surface area (Å²) in [4.78, 5) is 2.15. The van der Waals surface area contributed by atoms with E-state index in [1.807, 2.05) is 0 Å². The molecule has 19 heavy (non-hydrogen) atoms. The van der Waals surface area contributed by atoms with Crippen LogP contribution in [0.3, 0.4) is 0 Å². The van der Waals surface area contributed by atoms with Crippen LogP contribution in [0, 0.1) is 0 Å². The van der Waals surface area contributed by atoms with E-state index in [4.69, 9.17) is 0 Å². The Morgan fingerprint density at radius 1 is 0.895 bits per heavy atom. The van der Waals surface area contributed by atoms with Crippen molar-refractivity contribution in [3.63, 3.8) is 0 Å². The molecule has 0 spiro atoms. The monoisotopic (exact) mass is 251 g/mol. The highest BCUT2D eigenvalue weighted by Crippen LogP contribution is 2.22. The van der Waals surface area contributed by atoms with Crippen molar-refractivity contribution in [1.82, 2.24) is 0 Å². The van der Waals surface area contributed by atoms with Gasteiger partial charge in [-0.05, 0) is 23.1 Å². The molecule has 1 heteroatoms. The van der Waals surface area contributed by atoms with Gasteiger partial charge in [-0.3, -0.25) is 0 Å². The first-order valence-electron chi connectivity index (χ1n) is 6.68. The highest BCUT2D eigenvalue weighted by molar-refractivity contribution is 5.67. The number of hydrogen-bond acceptors (Lipinski definition) is 1. The number of anilines is 1. The first-order valence-corrected chi connectivity index (χ1v) is 6.68. The lowest BCUT2D eigenvalue weighted by molar-refractivity contribution is 0.973. The smallest absolute Gasteiger partial charge is 0.0434 e. The third-order valence-corrected chi connectivity index (χ3v) is 3.31. The van der Waals surface area contributed by atoms with Crippen LogP contribution in [-0.4, -0.2) is 14.1 Å². The minimum atomic E-state index is 0.427. The van der Waals surface area contributed by atoms with E-state index >= 15 is 0 Å². The van der Waals surface area contributed by atoms with Gasteiger partial charge in [-0.2, -0.15) is 0 Å². The zero-order chi connectivity index (χ0) is 13.7. The molecule has 2 rings (SSSR count). The molecular formula is C18H21N. The molecule has 0 N–H and O–H groups in total. The van der Waals surface area contributed by atoms with E-state index < -0.39 is 0 Å². The maximum absolute atomic E-state index is 2.26. The SMILES string of the molecule is CC(C=Cc1ccccc1N(C)C)c1ccccc1. The van der Waals surface area contributed by atoms with Gasteiger partial charge in [0.05, 0.1) is 0 Å². The van der Waals surface area contributed by atoms with E-state index in [2.05, 4.69) is 92.7 Å². The predicted octanol–water partition coefficient (Wildman–Crippen LogP) is 4.57. The van der Waals surface area contributed by atoms with Crippen LogP contribution in [0.15, 0.2) is 60.7 Å². The molecule has 0 aromatic heterocycles. The normalized spacial score (nSPS) is 12.6. The van der Waals surface area contributed by atoms with E-state index in [0.717, 1.165) is 0 Å². The Bertz CT molecular complexity index is 541. The average Bonchev–Trinajstić information content (AvgIpc) is 2.46. The van der Waals surface area contributed by atoms with Crippen LogP contribution in [0.5, 0.6) is 0 Å². The van der Waals surface area contributed by atoms with Crippen LogP contribution in [0.2, 0.25) is 0 Å². The summed E-state index contributed by atoms with van der Waals surface area (Å²) >= 11 is 0. The lowest BCUT2D eigenvalue weighted by Gasteiger charge is -2.15. The molecule has 0 aliphatic carbocycles. The molecule has 0 heterocycles. The van der Waals surface area contributed by atoms with Gasteiger partial charge in [0, 0.05) is 19.8 Å². The molecule has 1 unspecified atom stereocenters. The van der Waals surface area contributed by atoms with Gasteiger partial charge >= 0.3 is 0 Å². The van der Waals surface area contributed by atoms with E-state index in [0.29, 0.717) is 5.92 Å². The second kappa shape index (κ2) is 6.24. The quantitative estimate of drug-likeness (QED) is 0.769. The Morgan fingerprint density at radius 2 is 1.53 bits per heavy atom. The van der Waals surface area contributed by atoms with Crippen molar-refractivity contribution in [2.75, 3.05) is 19.0 Å². The second-order valence-corrected chi connectivity index (χ2v) is 5.01. The van der Waals surface area contributed by atoms with Crippen LogP contribution in [0.4, 0.5) is 5.69 Å². The summed E-state index contributed by atoms with van der Waals surface area (Å²) in [6.07, 6.45) is 4.48. The van der Waals surface area contributed by atoms with Gasteiger partial charge in [0.2, 0.25) is 0 Å². The number of nitrogens with zero attached hydrogens (tertiary/aromatic N) is 1. The van der Waals surface area contributed by atoms with E-state index in [-0.39, 0.29) is 0 Å². The third-order valence-electron chi connectivity index (χ3n) is 3.31. The molecule has 1 nitrogen and oxygen atoms in total. The van der Waals surface area contributed by atoms with Crippen molar-refractivity contribution in [2.45, 2.75) is 12.8 Å². The molecule has 2 aromatic rings. The topological polar surface area (TPSA) is 3.24 Å². The molecule has 0 radical (unpaired) electrons. The predicted molar refractivity (Wildman–Crippen MR) is 84.7 cm³/mol. The summed E-state index contributed by atoms with van der Waals surface area (Å²) in [6, 6.07) is 19.0. The van der Waals surface area contributed by atoms with Crippen molar-refractivity contribution < 1.29 is 0 Å². The Hall–Kier alpha value is -2.02. The van der Waals surface area contributed by atoms with Crippen LogP contribution in [0.1, 0.15) is 24.0 Å². The summed E-state index contributed by atoms with van der Waals surface area (Å²) < 4.78 is 0. The fourth-order valence-electron chi connectivity index (χ4n) is 2.15. The van der Waals surface area contributed by atoms with Gasteiger partial charge in [-0.15, -0.1) is 0 Å². The second-order valence-electron chi connectivity index (χ2n) is 5.01. The fourth-order valence-corrected chi connectivity index (χ4v) is 2.15. The molecule has 0 aliphatic heterocycles. The minimum Gasteiger partial charge on any atom is -0.377 e. The molecular weight excluding hydrogens is 230 g/mol. The van der Waals surface area contributed by atoms with Crippen molar-refractivity contribution >= 4 is 11.8 Å². The van der Waals surface area contributed by atoms with Crippen LogP contribution in [-0.2, 0) is 0 Å². The Morgan fingerprint density at radius 3 is 2.21 bits per heavy atom. The van der Waals surface area contributed by atoms with E-state index in [9.17, 15) is 0 Å². The molecule has 0 bridgehead atoms. The first kappa shape index (κ1) is 13.4. The average molecular weight is 251 g/mol. The van der Waals surface area contributed by atoms with Crippen LogP contribution < -0.4 is 4.90 Å². The summed E-state index contributed by atoms with van der Waals surface area (Å²) in [7, 11) is 4.15. The lowest BCUT2D eigenvalue weighted by atomic mass is 9.99. The summed E-state index contributed by atoms with van der Waals surface area (Å²) in [5.74, 6) is 0.427. The Balaban J connectivity index is 2.19. The van der Waals surface area contributed by atoms with E-state index in [1.165, 1.54) is 16.8 Å². The van der Waals surface area contributed by atoms with Gasteiger partial charge < -0.3 is 4.90 Å². The van der Waals surface area contributed by atoms with Gasteiger partial charge in [-0.25, -0.2) is 0 Å². The maximum atomic E-state index is 2.26. The molecule has 0 aliphatic rings. The van der Waals surface area contributed by atoms with Gasteiger partial charge in [0.15, 0.2) is 0 Å². The number of allylic oxidation sites excluding steroid dienone is 1. The third kappa shape index (κ3) is 3.47. The zero-order valence-electron chi connectivity index (χ0n) is 11.9. The van der Waals surface area contributed by atoms with Crippen molar-refractivity contribution in [3.8, 4) is 0 Å². The minimum absolute atomic E-state index is 0.427. The Kier molecular flexibility index (Phi) is 4.40. The molecule has 0 fully saturated rings. The highest BCUT2D eigenvalue weighted by atomic mass is 15.1. The van der Waals surface area contributed by atoms with E-state index in [1.54, 1.807) is 0 Å². The molecule has 0 saturated heterocycles.